The minimum absolute atomic E-state index is 0.0357. The van der Waals surface area contributed by atoms with Gasteiger partial charge in [0, 0.05) is 12.3 Å². The van der Waals surface area contributed by atoms with Crippen LogP contribution in [0.3, 0.4) is 0 Å². The van der Waals surface area contributed by atoms with E-state index in [2.05, 4.69) is 0 Å². The van der Waals surface area contributed by atoms with Gasteiger partial charge in [-0.15, -0.1) is 11.6 Å². The second-order valence-electron chi connectivity index (χ2n) is 2.30. The first kappa shape index (κ1) is 12.5. The molecule has 0 rings (SSSR count). The molecule has 1 unspecified atom stereocenters. The second-order valence-corrected chi connectivity index (χ2v) is 2.68. The molecule has 0 spiro atoms. The SMILES string of the molecule is O=C(CCCl)NCC(O)C(F)(F)F. The first-order chi connectivity index (χ1) is 5.88. The highest BCUT2D eigenvalue weighted by atomic mass is 35.5. The van der Waals surface area contributed by atoms with E-state index in [4.69, 9.17) is 16.7 Å². The maximum Gasteiger partial charge on any atom is 0.416 e. The van der Waals surface area contributed by atoms with Crippen LogP contribution in [0.4, 0.5) is 13.2 Å². The van der Waals surface area contributed by atoms with E-state index in [0.717, 1.165) is 0 Å². The van der Waals surface area contributed by atoms with Crippen LogP contribution in [0.5, 0.6) is 0 Å². The van der Waals surface area contributed by atoms with E-state index in [-0.39, 0.29) is 12.3 Å². The fraction of sp³-hybridized carbons (Fsp3) is 0.833. The highest BCUT2D eigenvalue weighted by Gasteiger charge is 2.38. The van der Waals surface area contributed by atoms with Crippen LogP contribution in [0.25, 0.3) is 0 Å². The van der Waals surface area contributed by atoms with Crippen molar-refractivity contribution in [3.05, 3.63) is 0 Å². The topological polar surface area (TPSA) is 49.3 Å². The Labute approximate surface area is 77.9 Å². The van der Waals surface area contributed by atoms with E-state index in [0.29, 0.717) is 0 Å². The zero-order chi connectivity index (χ0) is 10.5. The van der Waals surface area contributed by atoms with E-state index >= 15 is 0 Å². The average Bonchev–Trinajstić information content (AvgIpc) is 1.99. The van der Waals surface area contributed by atoms with Gasteiger partial charge in [-0.3, -0.25) is 4.79 Å². The van der Waals surface area contributed by atoms with Gasteiger partial charge in [-0.05, 0) is 0 Å². The maximum atomic E-state index is 11.7. The number of aliphatic hydroxyl groups is 1. The quantitative estimate of drug-likeness (QED) is 0.683. The molecule has 0 aromatic carbocycles. The minimum Gasteiger partial charge on any atom is -0.382 e. The van der Waals surface area contributed by atoms with Gasteiger partial charge in [-0.25, -0.2) is 0 Å². The molecular weight excluding hydrogens is 211 g/mol. The second kappa shape index (κ2) is 5.29. The van der Waals surface area contributed by atoms with Crippen LogP contribution in [0.15, 0.2) is 0 Å². The zero-order valence-corrected chi connectivity index (χ0v) is 7.32. The molecule has 7 heteroatoms. The zero-order valence-electron chi connectivity index (χ0n) is 6.57. The fourth-order valence-corrected chi connectivity index (χ4v) is 0.672. The molecule has 0 fully saturated rings. The molecule has 0 saturated heterocycles. The third kappa shape index (κ3) is 5.70. The number of rotatable bonds is 4. The van der Waals surface area contributed by atoms with E-state index in [1.165, 1.54) is 0 Å². The van der Waals surface area contributed by atoms with Crippen LogP contribution in [-0.2, 0) is 4.79 Å². The van der Waals surface area contributed by atoms with Crippen LogP contribution in [0, 0.1) is 0 Å². The van der Waals surface area contributed by atoms with E-state index < -0.39 is 24.7 Å². The number of hydrogen-bond donors (Lipinski definition) is 2. The number of alkyl halides is 4. The predicted octanol–water partition coefficient (Wildman–Crippen LogP) is 0.655. The van der Waals surface area contributed by atoms with Gasteiger partial charge < -0.3 is 10.4 Å². The lowest BCUT2D eigenvalue weighted by atomic mass is 10.3. The largest absolute Gasteiger partial charge is 0.416 e. The average molecular weight is 220 g/mol. The molecule has 0 aromatic heterocycles. The number of nitrogens with one attached hydrogen (secondary N) is 1. The summed E-state index contributed by atoms with van der Waals surface area (Å²) in [6.45, 7) is -0.834. The molecule has 0 saturated carbocycles. The van der Waals surface area contributed by atoms with Gasteiger partial charge in [0.2, 0.25) is 5.91 Å². The summed E-state index contributed by atoms with van der Waals surface area (Å²) in [6.07, 6.45) is -7.29. The minimum atomic E-state index is -4.70. The Balaban J connectivity index is 3.70. The summed E-state index contributed by atoms with van der Waals surface area (Å²) in [6, 6.07) is 0. The summed E-state index contributed by atoms with van der Waals surface area (Å²) in [5.41, 5.74) is 0. The highest BCUT2D eigenvalue weighted by molar-refractivity contribution is 6.18. The number of aliphatic hydroxyl groups excluding tert-OH is 1. The van der Waals surface area contributed by atoms with Crippen molar-refractivity contribution in [1.29, 1.82) is 0 Å². The lowest BCUT2D eigenvalue weighted by molar-refractivity contribution is -0.201. The molecule has 78 valence electrons. The van der Waals surface area contributed by atoms with E-state index in [9.17, 15) is 18.0 Å². The number of hydrogen-bond acceptors (Lipinski definition) is 2. The van der Waals surface area contributed by atoms with E-state index in [1.807, 2.05) is 5.32 Å². The van der Waals surface area contributed by atoms with Crippen LogP contribution in [0.1, 0.15) is 6.42 Å². The van der Waals surface area contributed by atoms with Gasteiger partial charge in [0.15, 0.2) is 6.10 Å². The van der Waals surface area contributed by atoms with Crippen molar-refractivity contribution in [3.63, 3.8) is 0 Å². The van der Waals surface area contributed by atoms with Gasteiger partial charge >= 0.3 is 6.18 Å². The number of halogens is 4. The first-order valence-corrected chi connectivity index (χ1v) is 3.99. The number of carbonyl (C=O) groups excluding carboxylic acids is 1. The first-order valence-electron chi connectivity index (χ1n) is 3.45. The molecule has 0 aliphatic carbocycles. The van der Waals surface area contributed by atoms with Crippen LogP contribution in [-0.4, -0.2) is 35.7 Å². The third-order valence-electron chi connectivity index (χ3n) is 1.19. The molecule has 2 N–H and O–H groups in total. The Bertz CT molecular complexity index is 174. The summed E-state index contributed by atoms with van der Waals surface area (Å²) in [4.78, 5) is 10.6. The van der Waals surface area contributed by atoms with Crippen molar-refractivity contribution < 1.29 is 23.1 Å². The lowest BCUT2D eigenvalue weighted by Crippen LogP contribution is -2.40. The Hall–Kier alpha value is -0.490. The van der Waals surface area contributed by atoms with Gasteiger partial charge in [0.05, 0.1) is 6.54 Å². The summed E-state index contributed by atoms with van der Waals surface area (Å²) in [7, 11) is 0. The standard InChI is InChI=1S/C6H9ClF3NO2/c7-2-1-5(13)11-3-4(12)6(8,9)10/h4,12H,1-3H2,(H,11,13). The third-order valence-corrected chi connectivity index (χ3v) is 1.38. The Kier molecular flexibility index (Phi) is 5.09. The summed E-state index contributed by atoms with van der Waals surface area (Å²) in [5.74, 6) is -0.577. The molecule has 13 heavy (non-hydrogen) atoms. The van der Waals surface area contributed by atoms with Gasteiger partial charge in [0.25, 0.3) is 0 Å². The summed E-state index contributed by atoms with van der Waals surface area (Å²) in [5, 5.41) is 10.3. The van der Waals surface area contributed by atoms with Crippen molar-refractivity contribution in [2.24, 2.45) is 0 Å². The van der Waals surface area contributed by atoms with Crippen molar-refractivity contribution in [3.8, 4) is 0 Å². The summed E-state index contributed by atoms with van der Waals surface area (Å²) < 4.78 is 35.0. The van der Waals surface area contributed by atoms with Gasteiger partial charge in [0.1, 0.15) is 0 Å². The molecule has 0 aliphatic rings. The van der Waals surface area contributed by atoms with Gasteiger partial charge in [-0.1, -0.05) is 0 Å². The Morgan fingerprint density at radius 2 is 2.08 bits per heavy atom. The van der Waals surface area contributed by atoms with Crippen molar-refractivity contribution in [2.75, 3.05) is 12.4 Å². The normalized spacial score (nSPS) is 13.9. The highest BCUT2D eigenvalue weighted by Crippen LogP contribution is 2.19. The fourth-order valence-electron chi connectivity index (χ4n) is 0.500. The van der Waals surface area contributed by atoms with Crippen LogP contribution >= 0.6 is 11.6 Å². The maximum absolute atomic E-state index is 11.7. The van der Waals surface area contributed by atoms with Crippen molar-refractivity contribution >= 4 is 17.5 Å². The molecule has 0 bridgehead atoms. The molecule has 0 aliphatic heterocycles. The van der Waals surface area contributed by atoms with E-state index in [1.54, 1.807) is 0 Å². The Morgan fingerprint density at radius 1 is 1.54 bits per heavy atom. The summed E-state index contributed by atoms with van der Waals surface area (Å²) >= 11 is 5.16. The molecule has 1 atom stereocenters. The molecular formula is C6H9ClF3NO2. The molecule has 1 amide bonds. The molecule has 3 nitrogen and oxygen atoms in total. The smallest absolute Gasteiger partial charge is 0.382 e. The molecule has 0 heterocycles. The van der Waals surface area contributed by atoms with Crippen molar-refractivity contribution in [2.45, 2.75) is 18.7 Å². The number of carbonyl (C=O) groups is 1. The number of amides is 1. The van der Waals surface area contributed by atoms with Crippen molar-refractivity contribution in [1.82, 2.24) is 5.32 Å². The van der Waals surface area contributed by atoms with Crippen LogP contribution in [0.2, 0.25) is 0 Å². The molecule has 0 aromatic rings. The monoisotopic (exact) mass is 219 g/mol. The van der Waals surface area contributed by atoms with Crippen LogP contribution < -0.4 is 5.32 Å². The lowest BCUT2D eigenvalue weighted by Gasteiger charge is -2.14. The molecule has 0 radical (unpaired) electrons. The predicted molar refractivity (Wildman–Crippen MR) is 40.4 cm³/mol. The van der Waals surface area contributed by atoms with Gasteiger partial charge in [-0.2, -0.15) is 13.2 Å². The Morgan fingerprint density at radius 3 is 2.46 bits per heavy atom.